The van der Waals surface area contributed by atoms with Crippen molar-refractivity contribution in [3.05, 3.63) is 34.9 Å². The number of carbonyl (C=O) groups is 2. The molecule has 0 spiro atoms. The Kier molecular flexibility index (Phi) is 11.1. The molecule has 0 aliphatic heterocycles. The Labute approximate surface area is 212 Å². The average Bonchev–Trinajstić information content (AvgIpc) is 2.66. The zero-order valence-electron chi connectivity index (χ0n) is 21.7. The van der Waals surface area contributed by atoms with Gasteiger partial charge in [-0.3, -0.25) is 0 Å². The van der Waals surface area contributed by atoms with Crippen LogP contribution in [0.3, 0.4) is 0 Å². The minimum atomic E-state index is -4.95. The van der Waals surface area contributed by atoms with Crippen molar-refractivity contribution in [3.63, 3.8) is 0 Å². The Bertz CT molecular complexity index is 873. The number of hydrogen-bond acceptors (Lipinski definition) is 5. The van der Waals surface area contributed by atoms with Crippen molar-refractivity contribution in [1.29, 1.82) is 0 Å². The number of nitrogens with one attached hydrogen (secondary N) is 3. The fraction of sp³-hybridized carbons (Fsp3) is 0.667. The summed E-state index contributed by atoms with van der Waals surface area (Å²) in [4.78, 5) is 24.0. The molecule has 2 amide bonds. The highest BCUT2D eigenvalue weighted by Gasteiger charge is 2.36. The van der Waals surface area contributed by atoms with E-state index in [0.717, 1.165) is 0 Å². The molecule has 0 saturated carbocycles. The lowest BCUT2D eigenvalue weighted by Gasteiger charge is -2.24. The van der Waals surface area contributed by atoms with Gasteiger partial charge >= 0.3 is 24.5 Å². The first kappa shape index (κ1) is 32.3. The lowest BCUT2D eigenvalue weighted by Crippen LogP contribution is -2.44. The maximum Gasteiger partial charge on any atom is 0.416 e. The number of rotatable bonds is 9. The van der Waals surface area contributed by atoms with Crippen molar-refractivity contribution in [2.75, 3.05) is 13.1 Å². The van der Waals surface area contributed by atoms with Crippen molar-refractivity contribution in [2.45, 2.75) is 90.5 Å². The Hall–Kier alpha value is -2.70. The summed E-state index contributed by atoms with van der Waals surface area (Å²) >= 11 is 0. The Morgan fingerprint density at radius 1 is 0.811 bits per heavy atom. The molecule has 1 aromatic rings. The Balaban J connectivity index is 2.84. The number of benzene rings is 1. The number of hydrogen-bond donors (Lipinski definition) is 3. The summed E-state index contributed by atoms with van der Waals surface area (Å²) in [6.45, 7) is 10.0. The van der Waals surface area contributed by atoms with Gasteiger partial charge in [-0.15, -0.1) is 0 Å². The number of carbonyl (C=O) groups excluding carboxylic acids is 2. The van der Waals surface area contributed by atoms with Gasteiger partial charge in [-0.1, -0.05) is 0 Å². The normalized spacial score (nSPS) is 13.6. The van der Waals surface area contributed by atoms with Gasteiger partial charge < -0.3 is 25.4 Å². The minimum absolute atomic E-state index is 0.0171. The first-order valence-electron chi connectivity index (χ1n) is 11.6. The van der Waals surface area contributed by atoms with Gasteiger partial charge in [0.25, 0.3) is 0 Å². The highest BCUT2D eigenvalue weighted by Crippen LogP contribution is 2.36. The first-order chi connectivity index (χ1) is 16.7. The molecule has 0 aromatic heterocycles. The van der Waals surface area contributed by atoms with E-state index in [9.17, 15) is 35.9 Å². The van der Waals surface area contributed by atoms with E-state index in [0.29, 0.717) is 25.0 Å². The monoisotopic (exact) mass is 543 g/mol. The van der Waals surface area contributed by atoms with E-state index in [2.05, 4.69) is 16.0 Å². The molecule has 37 heavy (non-hydrogen) atoms. The van der Waals surface area contributed by atoms with Gasteiger partial charge in [0, 0.05) is 25.7 Å². The van der Waals surface area contributed by atoms with E-state index in [4.69, 9.17) is 9.47 Å². The molecular formula is C24H35F6N3O4. The number of ether oxygens (including phenoxy) is 2. The van der Waals surface area contributed by atoms with E-state index in [-0.39, 0.29) is 31.3 Å². The number of alkyl carbamates (subject to hydrolysis) is 2. The fourth-order valence-corrected chi connectivity index (χ4v) is 3.06. The topological polar surface area (TPSA) is 88.7 Å². The molecule has 0 aliphatic carbocycles. The molecular weight excluding hydrogens is 508 g/mol. The van der Waals surface area contributed by atoms with Crippen LogP contribution in [0.15, 0.2) is 18.2 Å². The van der Waals surface area contributed by atoms with E-state index in [1.54, 1.807) is 41.5 Å². The van der Waals surface area contributed by atoms with E-state index in [1.807, 2.05) is 0 Å². The van der Waals surface area contributed by atoms with Gasteiger partial charge in [-0.2, -0.15) is 26.3 Å². The molecule has 7 nitrogen and oxygen atoms in total. The van der Waals surface area contributed by atoms with Gasteiger partial charge in [0.2, 0.25) is 0 Å². The van der Waals surface area contributed by atoms with Gasteiger partial charge in [0.1, 0.15) is 11.2 Å². The third-order valence-electron chi connectivity index (χ3n) is 4.49. The van der Waals surface area contributed by atoms with E-state index in [1.165, 1.54) is 0 Å². The molecule has 0 radical (unpaired) electrons. The summed E-state index contributed by atoms with van der Waals surface area (Å²) in [5.74, 6) is 0. The van der Waals surface area contributed by atoms with Crippen LogP contribution in [0.1, 0.15) is 71.1 Å². The SMILES string of the molecule is CC(C)(C)OC(=O)NCCC[C@@H](CNCc1cc(C(F)(F)F)cc(C(F)(F)F)c1)NC(=O)OC(C)(C)C. The predicted molar refractivity (Wildman–Crippen MR) is 125 cm³/mol. The molecule has 212 valence electrons. The predicted octanol–water partition coefficient (Wildman–Crippen LogP) is 6.01. The lowest BCUT2D eigenvalue weighted by molar-refractivity contribution is -0.143. The molecule has 0 unspecified atom stereocenters. The van der Waals surface area contributed by atoms with Crippen molar-refractivity contribution >= 4 is 12.2 Å². The van der Waals surface area contributed by atoms with Gasteiger partial charge in [0.15, 0.2) is 0 Å². The summed E-state index contributed by atoms with van der Waals surface area (Å²) in [6, 6.07) is 0.754. The van der Waals surface area contributed by atoms with Crippen LogP contribution in [0.4, 0.5) is 35.9 Å². The molecule has 0 bridgehead atoms. The second-order valence-corrected chi connectivity index (χ2v) is 10.5. The largest absolute Gasteiger partial charge is 0.444 e. The van der Waals surface area contributed by atoms with Crippen molar-refractivity contribution in [2.24, 2.45) is 0 Å². The summed E-state index contributed by atoms with van der Waals surface area (Å²) in [7, 11) is 0. The number of halogens is 6. The third-order valence-corrected chi connectivity index (χ3v) is 4.49. The van der Waals surface area contributed by atoms with E-state index >= 15 is 0 Å². The van der Waals surface area contributed by atoms with Crippen molar-refractivity contribution in [3.8, 4) is 0 Å². The molecule has 13 heteroatoms. The Morgan fingerprint density at radius 3 is 1.76 bits per heavy atom. The second-order valence-electron chi connectivity index (χ2n) is 10.5. The van der Waals surface area contributed by atoms with E-state index < -0.39 is 52.9 Å². The van der Waals surface area contributed by atoms with Crippen LogP contribution >= 0.6 is 0 Å². The maximum absolute atomic E-state index is 13.1. The highest BCUT2D eigenvalue weighted by atomic mass is 19.4. The minimum Gasteiger partial charge on any atom is -0.444 e. The highest BCUT2D eigenvalue weighted by molar-refractivity contribution is 5.68. The van der Waals surface area contributed by atoms with Crippen LogP contribution < -0.4 is 16.0 Å². The quantitative estimate of drug-likeness (QED) is 0.262. The van der Waals surface area contributed by atoms with Crippen molar-refractivity contribution < 1.29 is 45.4 Å². The Morgan fingerprint density at radius 2 is 1.30 bits per heavy atom. The van der Waals surface area contributed by atoms with Gasteiger partial charge in [-0.05, 0) is 78.1 Å². The zero-order chi connectivity index (χ0) is 28.7. The van der Waals surface area contributed by atoms with Crippen molar-refractivity contribution in [1.82, 2.24) is 16.0 Å². The van der Waals surface area contributed by atoms with Crippen LogP contribution in [0, 0.1) is 0 Å². The molecule has 0 fully saturated rings. The van der Waals surface area contributed by atoms with Crippen LogP contribution in [-0.2, 0) is 28.4 Å². The van der Waals surface area contributed by atoms with Crippen LogP contribution in [-0.4, -0.2) is 42.5 Å². The molecule has 0 aliphatic rings. The smallest absolute Gasteiger partial charge is 0.416 e. The maximum atomic E-state index is 13.1. The standard InChI is InChI=1S/C24H35F6N3O4/c1-21(2,3)36-19(34)32-9-7-8-18(33-20(35)37-22(4,5)6)14-31-13-15-10-16(23(25,26)27)12-17(11-15)24(28,29)30/h10-12,18,31H,7-9,13-14H2,1-6H3,(H,32,34)(H,33,35)/t18-/m0/s1. The summed E-state index contributed by atoms with van der Waals surface area (Å²) < 4.78 is 88.9. The van der Waals surface area contributed by atoms with Gasteiger partial charge in [-0.25, -0.2) is 9.59 Å². The lowest BCUT2D eigenvalue weighted by atomic mass is 10.0. The van der Waals surface area contributed by atoms with Crippen LogP contribution in [0.5, 0.6) is 0 Å². The summed E-state index contributed by atoms with van der Waals surface area (Å²) in [6.07, 6.45) is -10.5. The summed E-state index contributed by atoms with van der Waals surface area (Å²) in [5.41, 5.74) is -4.49. The molecule has 1 atom stereocenters. The van der Waals surface area contributed by atoms with Gasteiger partial charge in [0.05, 0.1) is 11.1 Å². The molecule has 1 aromatic carbocycles. The van der Waals surface area contributed by atoms with Crippen LogP contribution in [0.25, 0.3) is 0 Å². The molecule has 0 heterocycles. The number of alkyl halides is 6. The average molecular weight is 544 g/mol. The second kappa shape index (κ2) is 12.7. The first-order valence-corrected chi connectivity index (χ1v) is 11.6. The zero-order valence-corrected chi connectivity index (χ0v) is 21.7. The fourth-order valence-electron chi connectivity index (χ4n) is 3.06. The molecule has 3 N–H and O–H groups in total. The van der Waals surface area contributed by atoms with Crippen LogP contribution in [0.2, 0.25) is 0 Å². The summed E-state index contributed by atoms with van der Waals surface area (Å²) in [5, 5.41) is 7.99. The molecule has 0 saturated heterocycles. The number of amides is 2. The molecule has 1 rings (SSSR count). The third kappa shape index (κ3) is 14.0.